The summed E-state index contributed by atoms with van der Waals surface area (Å²) in [5, 5.41) is 3.50. The zero-order valence-electron chi connectivity index (χ0n) is 16.5. The van der Waals surface area contributed by atoms with Gasteiger partial charge in [-0.3, -0.25) is 9.59 Å². The van der Waals surface area contributed by atoms with Gasteiger partial charge in [-0.25, -0.2) is 9.97 Å². The number of nitrogens with one attached hydrogen (secondary N) is 2. The highest BCUT2D eigenvalue weighted by atomic mass is 32.1. The molecule has 28 heavy (non-hydrogen) atoms. The van der Waals surface area contributed by atoms with Crippen molar-refractivity contribution in [2.45, 2.75) is 53.2 Å². The van der Waals surface area contributed by atoms with Gasteiger partial charge in [0.15, 0.2) is 0 Å². The van der Waals surface area contributed by atoms with E-state index in [-0.39, 0.29) is 24.0 Å². The van der Waals surface area contributed by atoms with Crippen LogP contribution in [0.3, 0.4) is 0 Å². The van der Waals surface area contributed by atoms with E-state index in [1.54, 1.807) is 12.3 Å². The fourth-order valence-electron chi connectivity index (χ4n) is 2.77. The predicted molar refractivity (Wildman–Crippen MR) is 110 cm³/mol. The van der Waals surface area contributed by atoms with Gasteiger partial charge >= 0.3 is 0 Å². The van der Waals surface area contributed by atoms with E-state index in [0.29, 0.717) is 30.1 Å². The summed E-state index contributed by atoms with van der Waals surface area (Å²) in [5.74, 6) is 0.990. The molecule has 0 aliphatic carbocycles. The summed E-state index contributed by atoms with van der Waals surface area (Å²) in [6.07, 6.45) is 2.39. The number of hydrogen-bond donors (Lipinski definition) is 2. The van der Waals surface area contributed by atoms with E-state index >= 15 is 0 Å². The first kappa shape index (κ1) is 20.0. The molecule has 0 atom stereocenters. The van der Waals surface area contributed by atoms with E-state index in [1.807, 2.05) is 33.8 Å². The van der Waals surface area contributed by atoms with Gasteiger partial charge in [0.1, 0.15) is 10.7 Å². The van der Waals surface area contributed by atoms with Crippen LogP contribution in [0.4, 0.5) is 0 Å². The van der Waals surface area contributed by atoms with Crippen molar-refractivity contribution in [3.8, 4) is 5.88 Å². The first-order valence-corrected chi connectivity index (χ1v) is 10.0. The number of hydrogen-bond acceptors (Lipinski definition) is 6. The molecule has 0 aliphatic heterocycles. The molecule has 0 fully saturated rings. The third-order valence-corrected chi connectivity index (χ3v) is 5.42. The summed E-state index contributed by atoms with van der Waals surface area (Å²) >= 11 is 1.50. The van der Waals surface area contributed by atoms with Gasteiger partial charge in [-0.05, 0) is 38.8 Å². The topological polar surface area (TPSA) is 97.0 Å². The number of ether oxygens (including phenoxy) is 1. The highest BCUT2D eigenvalue weighted by Gasteiger charge is 2.12. The summed E-state index contributed by atoms with van der Waals surface area (Å²) < 4.78 is 5.50. The number of amides is 1. The minimum absolute atomic E-state index is 0.0688. The quantitative estimate of drug-likeness (QED) is 0.635. The molecule has 0 unspecified atom stereocenters. The summed E-state index contributed by atoms with van der Waals surface area (Å²) in [6.45, 7) is 8.17. The summed E-state index contributed by atoms with van der Waals surface area (Å²) in [4.78, 5) is 37.7. The van der Waals surface area contributed by atoms with Crippen LogP contribution in [-0.4, -0.2) is 27.0 Å². The number of carbonyl (C=O) groups is 1. The smallest absolute Gasteiger partial charge is 0.259 e. The van der Waals surface area contributed by atoms with Crippen molar-refractivity contribution in [1.29, 1.82) is 0 Å². The minimum Gasteiger partial charge on any atom is -0.475 e. The molecule has 0 aliphatic rings. The van der Waals surface area contributed by atoms with Crippen molar-refractivity contribution in [2.75, 3.05) is 0 Å². The average Bonchev–Trinajstić information content (AvgIpc) is 2.93. The summed E-state index contributed by atoms with van der Waals surface area (Å²) in [5.41, 5.74) is 1.72. The molecule has 3 heterocycles. The van der Waals surface area contributed by atoms with Gasteiger partial charge < -0.3 is 15.0 Å². The number of aryl methyl sites for hydroxylation is 3. The highest BCUT2D eigenvalue weighted by molar-refractivity contribution is 7.18. The van der Waals surface area contributed by atoms with Crippen LogP contribution in [0.2, 0.25) is 0 Å². The Morgan fingerprint density at radius 3 is 2.79 bits per heavy atom. The zero-order valence-corrected chi connectivity index (χ0v) is 17.3. The zero-order chi connectivity index (χ0) is 20.3. The summed E-state index contributed by atoms with van der Waals surface area (Å²) in [6, 6.07) is 3.66. The Morgan fingerprint density at radius 2 is 2.11 bits per heavy atom. The molecular formula is C20H24N4O3S. The van der Waals surface area contributed by atoms with Gasteiger partial charge in [0.05, 0.1) is 11.5 Å². The van der Waals surface area contributed by atoms with E-state index < -0.39 is 0 Å². The Hall–Kier alpha value is -2.74. The Morgan fingerprint density at radius 1 is 1.32 bits per heavy atom. The van der Waals surface area contributed by atoms with Gasteiger partial charge in [0, 0.05) is 36.5 Å². The number of aromatic amines is 1. The normalized spacial score (nSPS) is 11.2. The molecule has 3 rings (SSSR count). The van der Waals surface area contributed by atoms with Crippen molar-refractivity contribution < 1.29 is 9.53 Å². The lowest BCUT2D eigenvalue weighted by Gasteiger charge is -2.09. The van der Waals surface area contributed by atoms with E-state index in [2.05, 4.69) is 20.3 Å². The van der Waals surface area contributed by atoms with Crippen molar-refractivity contribution in [2.24, 2.45) is 0 Å². The molecule has 0 radical (unpaired) electrons. The van der Waals surface area contributed by atoms with Gasteiger partial charge in [-0.1, -0.05) is 6.07 Å². The standard InChI is InChI=1S/C20H24N4O3S/c1-11(2)27-17-8-5-14(10-22-17)9-21-16(25)7-6-15-23-19(26)18-12(3)13(4)28-20(18)24-15/h5,8,10-11H,6-7,9H2,1-4H3,(H,21,25)(H,23,24,26). The molecule has 3 aromatic rings. The molecule has 3 aromatic heterocycles. The predicted octanol–water partition coefficient (Wildman–Crippen LogP) is 3.03. The van der Waals surface area contributed by atoms with Crippen LogP contribution in [0.1, 0.15) is 42.1 Å². The first-order chi connectivity index (χ1) is 13.3. The van der Waals surface area contributed by atoms with Gasteiger partial charge in [-0.15, -0.1) is 11.3 Å². The molecule has 7 nitrogen and oxygen atoms in total. The number of fused-ring (bicyclic) bond motifs is 1. The molecule has 2 N–H and O–H groups in total. The molecular weight excluding hydrogens is 376 g/mol. The Balaban J connectivity index is 1.54. The van der Waals surface area contributed by atoms with E-state index in [9.17, 15) is 9.59 Å². The van der Waals surface area contributed by atoms with Crippen molar-refractivity contribution >= 4 is 27.5 Å². The molecule has 148 valence electrons. The first-order valence-electron chi connectivity index (χ1n) is 9.20. The lowest BCUT2D eigenvalue weighted by atomic mass is 10.2. The van der Waals surface area contributed by atoms with Crippen LogP contribution in [0.5, 0.6) is 5.88 Å². The van der Waals surface area contributed by atoms with Crippen LogP contribution < -0.4 is 15.6 Å². The lowest BCUT2D eigenvalue weighted by Crippen LogP contribution is -2.24. The molecule has 0 saturated carbocycles. The van der Waals surface area contributed by atoms with Crippen molar-refractivity contribution in [1.82, 2.24) is 20.3 Å². The third kappa shape index (κ3) is 4.75. The van der Waals surface area contributed by atoms with Crippen LogP contribution in [0.15, 0.2) is 23.1 Å². The number of aromatic nitrogens is 3. The van der Waals surface area contributed by atoms with E-state index in [1.165, 1.54) is 11.3 Å². The largest absolute Gasteiger partial charge is 0.475 e. The Bertz CT molecular complexity index is 1040. The number of rotatable bonds is 7. The highest BCUT2D eigenvalue weighted by Crippen LogP contribution is 2.25. The van der Waals surface area contributed by atoms with Crippen LogP contribution in [0.25, 0.3) is 10.2 Å². The summed E-state index contributed by atoms with van der Waals surface area (Å²) in [7, 11) is 0. The Labute approximate surface area is 167 Å². The fourth-order valence-corrected chi connectivity index (χ4v) is 3.81. The number of carbonyl (C=O) groups excluding carboxylic acids is 1. The van der Waals surface area contributed by atoms with E-state index in [4.69, 9.17) is 4.74 Å². The van der Waals surface area contributed by atoms with Gasteiger partial charge in [0.2, 0.25) is 11.8 Å². The monoisotopic (exact) mass is 400 g/mol. The van der Waals surface area contributed by atoms with Crippen LogP contribution in [0, 0.1) is 13.8 Å². The van der Waals surface area contributed by atoms with Crippen LogP contribution in [-0.2, 0) is 17.8 Å². The maximum absolute atomic E-state index is 12.3. The number of thiophene rings is 1. The maximum atomic E-state index is 12.3. The number of pyridine rings is 1. The Kier molecular flexibility index (Phi) is 6.08. The van der Waals surface area contributed by atoms with Crippen molar-refractivity contribution in [3.63, 3.8) is 0 Å². The molecule has 0 bridgehead atoms. The van der Waals surface area contributed by atoms with Gasteiger partial charge in [-0.2, -0.15) is 0 Å². The molecule has 8 heteroatoms. The number of nitrogens with zero attached hydrogens (tertiary/aromatic N) is 2. The second-order valence-corrected chi connectivity index (χ2v) is 8.13. The third-order valence-electron chi connectivity index (χ3n) is 4.32. The van der Waals surface area contributed by atoms with Crippen molar-refractivity contribution in [3.05, 3.63) is 50.5 Å². The number of H-pyrrole nitrogens is 1. The lowest BCUT2D eigenvalue weighted by molar-refractivity contribution is -0.121. The SMILES string of the molecule is Cc1sc2nc(CCC(=O)NCc3ccc(OC(C)C)nc3)[nH]c(=O)c2c1C. The molecule has 1 amide bonds. The van der Waals surface area contributed by atoms with Gasteiger partial charge in [0.25, 0.3) is 5.56 Å². The van der Waals surface area contributed by atoms with Crippen LogP contribution >= 0.6 is 11.3 Å². The van der Waals surface area contributed by atoms with E-state index in [0.717, 1.165) is 20.8 Å². The minimum atomic E-state index is -0.142. The second kappa shape index (κ2) is 8.52. The molecule has 0 spiro atoms. The maximum Gasteiger partial charge on any atom is 0.259 e. The second-order valence-electron chi connectivity index (χ2n) is 6.92. The molecule has 0 saturated heterocycles. The average molecular weight is 401 g/mol. The fraction of sp³-hybridized carbons (Fsp3) is 0.400. The molecule has 0 aromatic carbocycles.